The van der Waals surface area contributed by atoms with Crippen LogP contribution < -0.4 is 5.32 Å². The molecule has 0 unspecified atom stereocenters. The van der Waals surface area contributed by atoms with Gasteiger partial charge in [-0.3, -0.25) is 9.59 Å². The Kier molecular flexibility index (Phi) is 6.17. The van der Waals surface area contributed by atoms with Crippen LogP contribution in [0.2, 0.25) is 0 Å². The van der Waals surface area contributed by atoms with Gasteiger partial charge in [0.1, 0.15) is 11.5 Å². The van der Waals surface area contributed by atoms with Crippen molar-refractivity contribution < 1.29 is 14.0 Å². The molecule has 1 aliphatic rings. The number of furan rings is 1. The number of benzene rings is 3. The van der Waals surface area contributed by atoms with Gasteiger partial charge in [0, 0.05) is 48.3 Å². The van der Waals surface area contributed by atoms with E-state index in [-0.39, 0.29) is 11.8 Å². The van der Waals surface area contributed by atoms with E-state index in [0.29, 0.717) is 31.5 Å². The Balaban J connectivity index is 1.32. The van der Waals surface area contributed by atoms with E-state index in [0.717, 1.165) is 51.9 Å². The molecule has 0 saturated carbocycles. The highest BCUT2D eigenvalue weighted by molar-refractivity contribution is 5.98. The molecule has 2 amide bonds. The van der Waals surface area contributed by atoms with E-state index in [9.17, 15) is 9.59 Å². The van der Waals surface area contributed by atoms with Crippen LogP contribution in [0, 0.1) is 0 Å². The van der Waals surface area contributed by atoms with Gasteiger partial charge in [0.05, 0.1) is 0 Å². The van der Waals surface area contributed by atoms with Gasteiger partial charge >= 0.3 is 0 Å². The Bertz CT molecular complexity index is 1350. The van der Waals surface area contributed by atoms with Gasteiger partial charge in [-0.15, -0.1) is 0 Å². The largest absolute Gasteiger partial charge is 0.461 e. The highest BCUT2D eigenvalue weighted by Crippen LogP contribution is 2.31. The lowest BCUT2D eigenvalue weighted by Gasteiger charge is -2.26. The van der Waals surface area contributed by atoms with E-state index in [1.165, 1.54) is 0 Å². The maximum absolute atomic E-state index is 13.2. The van der Waals surface area contributed by atoms with Crippen molar-refractivity contribution in [3.8, 4) is 11.3 Å². The fourth-order valence-electron chi connectivity index (χ4n) is 4.46. The zero-order valence-electron chi connectivity index (χ0n) is 19.3. The SMILES string of the molecule is CCCCC(=O)Nc1cccc(-c2cc3c(o2)CCN(C(=O)c2ccc4ccccc4c2)C3)c1. The van der Waals surface area contributed by atoms with E-state index >= 15 is 0 Å². The summed E-state index contributed by atoms with van der Waals surface area (Å²) in [6.45, 7) is 3.22. The number of nitrogens with one attached hydrogen (secondary N) is 1. The zero-order chi connectivity index (χ0) is 23.5. The van der Waals surface area contributed by atoms with Gasteiger partial charge in [-0.1, -0.05) is 55.8 Å². The second-order valence-electron chi connectivity index (χ2n) is 8.83. The number of nitrogens with zero attached hydrogens (tertiary/aromatic N) is 1. The van der Waals surface area contributed by atoms with Gasteiger partial charge in [0.2, 0.25) is 5.91 Å². The van der Waals surface area contributed by atoms with Gasteiger partial charge < -0.3 is 14.6 Å². The quantitative estimate of drug-likeness (QED) is 0.367. The van der Waals surface area contributed by atoms with Crippen LogP contribution in [0.15, 0.2) is 77.2 Å². The second kappa shape index (κ2) is 9.56. The minimum absolute atomic E-state index is 0.0283. The molecule has 1 N–H and O–H groups in total. The van der Waals surface area contributed by atoms with Crippen molar-refractivity contribution in [3.05, 3.63) is 89.7 Å². The molecule has 34 heavy (non-hydrogen) atoms. The molecule has 0 spiro atoms. The van der Waals surface area contributed by atoms with Crippen molar-refractivity contribution in [1.82, 2.24) is 4.90 Å². The second-order valence-corrected chi connectivity index (χ2v) is 8.83. The summed E-state index contributed by atoms with van der Waals surface area (Å²) in [5.41, 5.74) is 3.42. The van der Waals surface area contributed by atoms with Crippen LogP contribution in [-0.2, 0) is 17.8 Å². The summed E-state index contributed by atoms with van der Waals surface area (Å²) in [4.78, 5) is 27.2. The lowest BCUT2D eigenvalue weighted by atomic mass is 10.0. The van der Waals surface area contributed by atoms with Gasteiger partial charge in [-0.2, -0.15) is 0 Å². The lowest BCUT2D eigenvalue weighted by molar-refractivity contribution is -0.116. The number of hydrogen-bond acceptors (Lipinski definition) is 3. The first-order chi connectivity index (χ1) is 16.6. The Hall–Kier alpha value is -3.86. The molecule has 1 aromatic heterocycles. The van der Waals surface area contributed by atoms with Crippen molar-refractivity contribution in [2.24, 2.45) is 0 Å². The lowest BCUT2D eigenvalue weighted by Crippen LogP contribution is -2.35. The molecule has 2 heterocycles. The number of rotatable bonds is 6. The monoisotopic (exact) mass is 452 g/mol. The molecule has 0 radical (unpaired) electrons. The molecule has 0 saturated heterocycles. The van der Waals surface area contributed by atoms with Crippen LogP contribution in [-0.4, -0.2) is 23.3 Å². The summed E-state index contributed by atoms with van der Waals surface area (Å²) in [7, 11) is 0. The molecule has 0 bridgehead atoms. The standard InChI is InChI=1S/C29H28N2O3/c1-2-3-11-28(32)30-25-10-6-9-22(17-25)27-18-24-19-31(15-14-26(24)34-27)29(33)23-13-12-20-7-4-5-8-21(20)16-23/h4-10,12-13,16-18H,2-3,11,14-15,19H2,1H3,(H,30,32). The minimum atomic E-state index is 0.0283. The van der Waals surface area contributed by atoms with Crippen LogP contribution in [0.3, 0.4) is 0 Å². The molecule has 1 aliphatic heterocycles. The minimum Gasteiger partial charge on any atom is -0.461 e. The average Bonchev–Trinajstić information content (AvgIpc) is 3.30. The predicted octanol–water partition coefficient (Wildman–Crippen LogP) is 6.43. The van der Waals surface area contributed by atoms with E-state index in [1.54, 1.807) is 0 Å². The summed E-state index contributed by atoms with van der Waals surface area (Å²) < 4.78 is 6.16. The summed E-state index contributed by atoms with van der Waals surface area (Å²) in [5.74, 6) is 1.75. The first-order valence-corrected chi connectivity index (χ1v) is 11.9. The summed E-state index contributed by atoms with van der Waals surface area (Å²) in [6, 6.07) is 23.7. The van der Waals surface area contributed by atoms with Gasteiger partial charge in [0.25, 0.3) is 5.91 Å². The van der Waals surface area contributed by atoms with Gasteiger partial charge in [-0.25, -0.2) is 0 Å². The smallest absolute Gasteiger partial charge is 0.254 e. The number of anilines is 1. The maximum atomic E-state index is 13.2. The Morgan fingerprint density at radius 2 is 1.82 bits per heavy atom. The fraction of sp³-hybridized carbons (Fsp3) is 0.241. The van der Waals surface area contributed by atoms with Crippen molar-refractivity contribution in [3.63, 3.8) is 0 Å². The number of unbranched alkanes of at least 4 members (excludes halogenated alkanes) is 1. The fourth-order valence-corrected chi connectivity index (χ4v) is 4.46. The highest BCUT2D eigenvalue weighted by atomic mass is 16.3. The molecule has 5 nitrogen and oxygen atoms in total. The van der Waals surface area contributed by atoms with Crippen molar-refractivity contribution in [2.75, 3.05) is 11.9 Å². The van der Waals surface area contributed by atoms with E-state index < -0.39 is 0 Å². The van der Waals surface area contributed by atoms with Gasteiger partial charge in [0.15, 0.2) is 0 Å². The molecule has 5 heteroatoms. The number of fused-ring (bicyclic) bond motifs is 2. The van der Waals surface area contributed by atoms with Crippen molar-refractivity contribution >= 4 is 28.3 Å². The molecule has 0 fully saturated rings. The first-order valence-electron chi connectivity index (χ1n) is 11.9. The van der Waals surface area contributed by atoms with Crippen LogP contribution >= 0.6 is 0 Å². The summed E-state index contributed by atoms with van der Waals surface area (Å²) >= 11 is 0. The van der Waals surface area contributed by atoms with E-state index in [4.69, 9.17) is 4.42 Å². The Morgan fingerprint density at radius 3 is 2.68 bits per heavy atom. The van der Waals surface area contributed by atoms with Crippen molar-refractivity contribution in [2.45, 2.75) is 39.2 Å². The third kappa shape index (κ3) is 4.60. The molecular formula is C29H28N2O3. The molecule has 172 valence electrons. The molecule has 0 aliphatic carbocycles. The van der Waals surface area contributed by atoms with Crippen LogP contribution in [0.1, 0.15) is 47.9 Å². The molecule has 0 atom stereocenters. The topological polar surface area (TPSA) is 62.6 Å². The summed E-state index contributed by atoms with van der Waals surface area (Å²) in [5, 5.41) is 5.16. The predicted molar refractivity (Wildman–Crippen MR) is 135 cm³/mol. The third-order valence-electron chi connectivity index (χ3n) is 6.34. The number of carbonyl (C=O) groups excluding carboxylic acids is 2. The van der Waals surface area contributed by atoms with Gasteiger partial charge in [-0.05, 0) is 47.5 Å². The highest BCUT2D eigenvalue weighted by Gasteiger charge is 2.25. The normalized spacial score (nSPS) is 13.0. The molecule has 5 rings (SSSR count). The van der Waals surface area contributed by atoms with Crippen molar-refractivity contribution in [1.29, 1.82) is 0 Å². The number of hydrogen-bond donors (Lipinski definition) is 1. The van der Waals surface area contributed by atoms with Crippen LogP contribution in [0.5, 0.6) is 0 Å². The third-order valence-corrected chi connectivity index (χ3v) is 6.34. The zero-order valence-corrected chi connectivity index (χ0v) is 19.3. The Morgan fingerprint density at radius 1 is 0.971 bits per heavy atom. The van der Waals surface area contributed by atoms with E-state index in [2.05, 4.69) is 18.3 Å². The summed E-state index contributed by atoms with van der Waals surface area (Å²) in [6.07, 6.45) is 3.08. The molecular weight excluding hydrogens is 424 g/mol. The number of carbonyl (C=O) groups is 2. The first kappa shape index (κ1) is 22.0. The molecule has 3 aromatic carbocycles. The van der Waals surface area contributed by atoms with Crippen LogP contribution in [0.4, 0.5) is 5.69 Å². The average molecular weight is 453 g/mol. The molecule has 4 aromatic rings. The van der Waals surface area contributed by atoms with Crippen LogP contribution in [0.25, 0.3) is 22.1 Å². The number of amides is 2. The maximum Gasteiger partial charge on any atom is 0.254 e. The Labute approximate surface area is 199 Å². The van der Waals surface area contributed by atoms with E-state index in [1.807, 2.05) is 71.6 Å².